The van der Waals surface area contributed by atoms with Crippen LogP contribution in [0.4, 0.5) is 14.4 Å². The fraction of sp³-hybridized carbons (Fsp3) is 0.762. The highest BCUT2D eigenvalue weighted by Crippen LogP contribution is 2.67. The summed E-state index contributed by atoms with van der Waals surface area (Å²) in [6, 6.07) is -3.32. The molecular formula is C101H153N15O18. The van der Waals surface area contributed by atoms with Gasteiger partial charge < -0.3 is 79.8 Å². The van der Waals surface area contributed by atoms with Crippen LogP contribution in [0.2, 0.25) is 0 Å². The molecule has 33 heteroatoms. The summed E-state index contributed by atoms with van der Waals surface area (Å²) in [5, 5.41) is 25.7. The maximum absolute atomic E-state index is 14.4. The number of likely N-dealkylation sites (tertiary alicyclic amines) is 3. The Morgan fingerprint density at radius 3 is 0.925 bits per heavy atom. The summed E-state index contributed by atoms with van der Waals surface area (Å²) in [5.41, 5.74) is 13.8. The third kappa shape index (κ3) is 23.7. The zero-order valence-electron chi connectivity index (χ0n) is 82.1. The van der Waals surface area contributed by atoms with E-state index in [0.29, 0.717) is 44.5 Å². The second kappa shape index (κ2) is 40.9. The molecule has 18 atom stereocenters. The lowest BCUT2D eigenvalue weighted by molar-refractivity contribution is -0.145. The number of rotatable bonds is 36. The molecule has 14 rings (SSSR count). The van der Waals surface area contributed by atoms with Crippen LogP contribution in [-0.2, 0) is 67.1 Å². The van der Waals surface area contributed by atoms with E-state index in [1.807, 2.05) is 82.2 Å². The van der Waals surface area contributed by atoms with Gasteiger partial charge in [-0.1, -0.05) is 238 Å². The number of Topliss-reactive ketones (excluding diaryl/α,β-unsaturated/α-hetero) is 6. The van der Waals surface area contributed by atoms with Crippen molar-refractivity contribution >= 4 is 106 Å². The van der Waals surface area contributed by atoms with E-state index in [-0.39, 0.29) is 128 Å². The first-order chi connectivity index (χ1) is 62.7. The molecule has 1 aromatic carbocycles. The van der Waals surface area contributed by atoms with Crippen LogP contribution in [0.5, 0.6) is 0 Å². The number of carbonyl (C=O) groups excluding carboxylic acids is 18. The van der Waals surface area contributed by atoms with Crippen LogP contribution in [0.3, 0.4) is 0 Å². The highest BCUT2D eigenvalue weighted by Gasteiger charge is 2.73. The first-order valence-electron chi connectivity index (χ1n) is 49.9. The van der Waals surface area contributed by atoms with Gasteiger partial charge in [0.15, 0.2) is 17.3 Å². The van der Waals surface area contributed by atoms with Crippen molar-refractivity contribution in [2.75, 3.05) is 19.6 Å². The molecule has 33 nitrogen and oxygen atoms in total. The first-order valence-corrected chi connectivity index (χ1v) is 49.9. The van der Waals surface area contributed by atoms with Crippen LogP contribution in [0.25, 0.3) is 0 Å². The molecule has 740 valence electrons. The Bertz CT molecular complexity index is 4650. The Balaban J connectivity index is 0.000000181. The second-order valence-corrected chi connectivity index (χ2v) is 47.1. The average molecular weight is 1870 g/mol. The summed E-state index contributed by atoms with van der Waals surface area (Å²) in [6.45, 7) is 33.7. The second-order valence-electron chi connectivity index (χ2n) is 47.1. The van der Waals surface area contributed by atoms with Crippen molar-refractivity contribution in [3.8, 4) is 0 Å². The van der Waals surface area contributed by atoms with E-state index in [1.54, 1.807) is 24.3 Å². The van der Waals surface area contributed by atoms with Gasteiger partial charge >= 0.3 is 18.1 Å². The number of piperidine rings is 3. The Labute approximate surface area is 789 Å². The molecule has 13 aliphatic rings. The standard InChI is InChI=1S/C37H53N5O6.C33H53N5O6.C31H47N5O6/c1-36(2,3)31(41-35(48)40-27(22-15-8-6-9-16-22)29(43)23-17-10-7-11-18-23)34(47)42-20-24-26(37(24,4)5)28(42)33(46)39-25(30(44)32(38)45)19-21-13-12-14-21;1-17(2)25(39)23(19-11-9-8-10-12-19)36-31(44)37-27(32(3,4)5)30(43)38-16-20-22(33(20,6)7)24(38)29(42)35-21(15-18-13-14-18)26(40)28(34)41;1-30(2,3)25(35-29(42)34-21(16-7-6-8-16)23(37)17-11-12-17)28(41)36-14-18-20(31(18,4)5)22(36)27(40)33-19(13-15-9-10-15)24(38)26(32)39/h7,10-11,17-18,21-22,24-28,31H,6,8-9,12-16,19-20H2,1-5H3,(H2,38,45)(H,39,46)(H2,40,41,48);17-24,27H,8-16H2,1-7H3,(H2,34,41)(H,35,42)(H2,36,37,44);15-22,25H,6-14H2,1-5H3,(H2,32,39)(H,33,40)(H2,34,35,42)/t24-,25?,26-,27-,28-,31+;20-,21?,22-,23-,24-,27+;18-,19?,20-,21-,22-,25+/m000/s1. The number of hydrogen-bond acceptors (Lipinski definition) is 18. The van der Waals surface area contributed by atoms with Gasteiger partial charge in [0.2, 0.25) is 52.8 Å². The van der Waals surface area contributed by atoms with Gasteiger partial charge in [-0.25, -0.2) is 14.4 Å². The number of urea groups is 3. The molecule has 3 unspecified atom stereocenters. The molecule has 1 aromatic rings. The van der Waals surface area contributed by atoms with Gasteiger partial charge in [-0.2, -0.15) is 0 Å². The van der Waals surface area contributed by atoms with Crippen molar-refractivity contribution < 1.29 is 86.3 Å². The van der Waals surface area contributed by atoms with Gasteiger partial charge in [0.05, 0.1) is 36.3 Å². The molecule has 3 saturated heterocycles. The average Bonchev–Trinajstić information content (AvgIpc) is 1.53. The molecule has 13 fully saturated rings. The van der Waals surface area contributed by atoms with Gasteiger partial charge in [0.25, 0.3) is 17.7 Å². The van der Waals surface area contributed by atoms with Crippen LogP contribution in [0.15, 0.2) is 30.3 Å². The number of carbonyl (C=O) groups is 18. The van der Waals surface area contributed by atoms with E-state index in [1.165, 1.54) is 14.7 Å². The number of fused-ring (bicyclic) bond motifs is 3. The van der Waals surface area contributed by atoms with Crippen molar-refractivity contribution in [3.05, 3.63) is 35.9 Å². The summed E-state index contributed by atoms with van der Waals surface area (Å²) < 4.78 is 0. The zero-order valence-corrected chi connectivity index (χ0v) is 82.1. The van der Waals surface area contributed by atoms with Gasteiger partial charge in [0.1, 0.15) is 36.3 Å². The molecule has 10 saturated carbocycles. The van der Waals surface area contributed by atoms with E-state index >= 15 is 0 Å². The number of nitrogens with one attached hydrogen (secondary N) is 9. The first kappa shape index (κ1) is 103. The molecule has 3 heterocycles. The third-order valence-corrected chi connectivity index (χ3v) is 32.6. The number of ketones is 6. The molecule has 15 N–H and O–H groups in total. The fourth-order valence-electron chi connectivity index (χ4n) is 23.0. The summed E-state index contributed by atoms with van der Waals surface area (Å²) in [7, 11) is 0. The fourth-order valence-corrected chi connectivity index (χ4v) is 23.0. The number of nitrogens with two attached hydrogens (primary N) is 3. The third-order valence-electron chi connectivity index (χ3n) is 32.6. The van der Waals surface area contributed by atoms with Gasteiger partial charge in [-0.05, 0) is 174 Å². The molecule has 15 amide bonds. The summed E-state index contributed by atoms with van der Waals surface area (Å²) >= 11 is 0. The minimum absolute atomic E-state index is 0.0140. The molecule has 134 heavy (non-hydrogen) atoms. The molecule has 0 bridgehead atoms. The van der Waals surface area contributed by atoms with E-state index in [4.69, 9.17) is 17.2 Å². The van der Waals surface area contributed by atoms with Crippen molar-refractivity contribution in [1.82, 2.24) is 62.6 Å². The normalized spacial score (nSPS) is 26.8. The Morgan fingerprint density at radius 2 is 0.649 bits per heavy atom. The summed E-state index contributed by atoms with van der Waals surface area (Å²) in [4.78, 5) is 243. The number of amides is 15. The topological polar surface area (TPSA) is 503 Å². The Kier molecular flexibility index (Phi) is 31.5. The van der Waals surface area contributed by atoms with Gasteiger partial charge in [-0.15, -0.1) is 0 Å². The lowest BCUT2D eigenvalue weighted by Crippen LogP contribution is -2.62. The predicted molar refractivity (Wildman–Crippen MR) is 499 cm³/mol. The van der Waals surface area contributed by atoms with Crippen LogP contribution in [0, 0.1) is 115 Å². The van der Waals surface area contributed by atoms with Crippen molar-refractivity contribution in [3.63, 3.8) is 0 Å². The number of nitrogens with zero attached hydrogens (tertiary/aromatic N) is 3. The predicted octanol–water partition coefficient (Wildman–Crippen LogP) is 8.11. The number of benzene rings is 1. The van der Waals surface area contributed by atoms with Crippen LogP contribution >= 0.6 is 0 Å². The van der Waals surface area contributed by atoms with Crippen molar-refractivity contribution in [2.45, 2.75) is 351 Å². The van der Waals surface area contributed by atoms with Crippen molar-refractivity contribution in [1.29, 1.82) is 0 Å². The summed E-state index contributed by atoms with van der Waals surface area (Å²) in [5.74, 6) is -7.90. The van der Waals surface area contributed by atoms with E-state index < -0.39 is 166 Å². The molecular weight excluding hydrogens is 1710 g/mol. The SMILES string of the molecule is CC(C)(C)[C@H](NC(=O)N[C@H](C(=O)C1CC1)C1CCC1)C(=O)N1C[C@H]2[C@@H]([C@H]1C(=O)NC(CC1CC1)C(=O)C(N)=O)C2(C)C.CC(C)(C)[C@H](NC(=O)N[C@H](C(=O)c1ccccc1)C1CCCCC1)C(=O)N1C[C@H]2[C@@H]([C@H]1C(=O)NC(CC1CCC1)C(=O)C(N)=O)C2(C)C.CC(C)C(=O)[C@@H](NC(=O)N[C@H](C(=O)N1C[C@H]2[C@@H]([C@H]1C(=O)NC(CC1CC1)C(=O)C(N)=O)C2(C)C)C(C)(C)C)C1CCCCC1. The zero-order chi connectivity index (χ0) is 98.4. The lowest BCUT2D eigenvalue weighted by atomic mass is 9.77. The Hall–Kier alpha value is -9.72. The molecule has 3 aliphatic heterocycles. The smallest absolute Gasteiger partial charge is 0.316 e. The van der Waals surface area contributed by atoms with Gasteiger partial charge in [0, 0.05) is 37.0 Å². The van der Waals surface area contributed by atoms with Crippen LogP contribution in [-0.4, -0.2) is 213 Å². The van der Waals surface area contributed by atoms with E-state index in [0.717, 1.165) is 141 Å². The number of primary amides is 3. The quantitative estimate of drug-likeness (QED) is 0.0223. The molecule has 0 aromatic heterocycles. The minimum atomic E-state index is -1.09. The monoisotopic (exact) mass is 1860 g/mol. The summed E-state index contributed by atoms with van der Waals surface area (Å²) in [6.07, 6.45) is 21.8. The molecule has 0 radical (unpaired) electrons. The highest BCUT2D eigenvalue weighted by atomic mass is 16.2. The molecule has 0 spiro atoms. The van der Waals surface area contributed by atoms with Crippen molar-refractivity contribution in [2.24, 2.45) is 133 Å². The highest BCUT2D eigenvalue weighted by molar-refractivity contribution is 6.39. The van der Waals surface area contributed by atoms with E-state index in [2.05, 4.69) is 89.4 Å². The molecule has 10 aliphatic carbocycles. The van der Waals surface area contributed by atoms with Crippen LogP contribution in [0.1, 0.15) is 289 Å². The van der Waals surface area contributed by atoms with Gasteiger partial charge in [-0.3, -0.25) is 71.9 Å². The lowest BCUT2D eigenvalue weighted by Gasteiger charge is -2.38. The number of hydrogen-bond donors (Lipinski definition) is 12. The Morgan fingerprint density at radius 1 is 0.358 bits per heavy atom. The largest absolute Gasteiger partial charge is 0.363 e. The maximum Gasteiger partial charge on any atom is 0.316 e. The maximum atomic E-state index is 14.4. The minimum Gasteiger partial charge on any atom is -0.363 e. The van der Waals surface area contributed by atoms with Crippen LogP contribution < -0.4 is 65.1 Å². The van der Waals surface area contributed by atoms with E-state index in [9.17, 15) is 86.3 Å².